The van der Waals surface area contributed by atoms with Crippen LogP contribution < -0.4 is 4.74 Å². The summed E-state index contributed by atoms with van der Waals surface area (Å²) in [5.41, 5.74) is 2.88. The Bertz CT molecular complexity index is 424. The van der Waals surface area contributed by atoms with Crippen molar-refractivity contribution < 1.29 is 4.74 Å². The molecule has 0 aliphatic rings. The first-order valence-electron chi connectivity index (χ1n) is 7.28. The Morgan fingerprint density at radius 2 is 1.95 bits per heavy atom. The average molecular weight is 260 g/mol. The van der Waals surface area contributed by atoms with Gasteiger partial charge in [-0.3, -0.25) is 0 Å². The van der Waals surface area contributed by atoms with Crippen molar-refractivity contribution in [2.24, 2.45) is 0 Å². The molecule has 1 rings (SSSR count). The van der Waals surface area contributed by atoms with Crippen LogP contribution in [0.25, 0.3) is 0 Å². The summed E-state index contributed by atoms with van der Waals surface area (Å²) in [6.07, 6.45) is 5.40. The molecule has 1 aromatic carbocycles. The van der Waals surface area contributed by atoms with Crippen molar-refractivity contribution in [3.63, 3.8) is 0 Å². The first-order chi connectivity index (χ1) is 8.90. The standard InChI is InChI=1S/C18H28O/c1-7-9-10-14(3)16-13-15(18(4,5)6)11-12-17(16)19-8-2/h7,9,11-14H,8,10H2,1-6H3/b9-7-. The molecule has 0 saturated heterocycles. The first-order valence-corrected chi connectivity index (χ1v) is 7.28. The second-order valence-corrected chi connectivity index (χ2v) is 6.14. The summed E-state index contributed by atoms with van der Waals surface area (Å²) in [6, 6.07) is 6.64. The Hall–Kier alpha value is -1.24. The van der Waals surface area contributed by atoms with E-state index in [0.717, 1.165) is 18.8 Å². The van der Waals surface area contributed by atoms with Gasteiger partial charge < -0.3 is 4.74 Å². The second kappa shape index (κ2) is 6.79. The maximum Gasteiger partial charge on any atom is 0.122 e. The SMILES string of the molecule is C/C=C\CC(C)c1cc(C(C)(C)C)ccc1OCC. The fourth-order valence-corrected chi connectivity index (χ4v) is 2.15. The van der Waals surface area contributed by atoms with Gasteiger partial charge in [0.25, 0.3) is 0 Å². The first kappa shape index (κ1) is 15.8. The van der Waals surface area contributed by atoms with Gasteiger partial charge in [-0.15, -0.1) is 0 Å². The van der Waals surface area contributed by atoms with E-state index in [9.17, 15) is 0 Å². The Morgan fingerprint density at radius 3 is 2.47 bits per heavy atom. The molecule has 0 aliphatic carbocycles. The van der Waals surface area contributed by atoms with Crippen LogP contribution in [0.4, 0.5) is 0 Å². The fourth-order valence-electron chi connectivity index (χ4n) is 2.15. The third kappa shape index (κ3) is 4.41. The normalized spacial score (nSPS) is 13.8. The molecule has 0 spiro atoms. The van der Waals surface area contributed by atoms with Crippen LogP contribution in [0.1, 0.15) is 65.0 Å². The van der Waals surface area contributed by atoms with E-state index in [1.807, 2.05) is 6.92 Å². The van der Waals surface area contributed by atoms with Crippen LogP contribution in [-0.4, -0.2) is 6.61 Å². The van der Waals surface area contributed by atoms with Gasteiger partial charge in [0, 0.05) is 0 Å². The van der Waals surface area contributed by atoms with Crippen LogP contribution in [0.2, 0.25) is 0 Å². The van der Waals surface area contributed by atoms with Crippen molar-refractivity contribution in [3.8, 4) is 5.75 Å². The van der Waals surface area contributed by atoms with E-state index in [1.165, 1.54) is 11.1 Å². The van der Waals surface area contributed by atoms with Crippen molar-refractivity contribution in [2.45, 2.75) is 59.3 Å². The maximum absolute atomic E-state index is 5.78. The van der Waals surface area contributed by atoms with E-state index < -0.39 is 0 Å². The minimum Gasteiger partial charge on any atom is -0.494 e. The second-order valence-electron chi connectivity index (χ2n) is 6.14. The largest absolute Gasteiger partial charge is 0.494 e. The van der Waals surface area contributed by atoms with Gasteiger partial charge in [-0.05, 0) is 48.8 Å². The topological polar surface area (TPSA) is 9.23 Å². The molecule has 19 heavy (non-hydrogen) atoms. The van der Waals surface area contributed by atoms with E-state index in [4.69, 9.17) is 4.74 Å². The van der Waals surface area contributed by atoms with Crippen molar-refractivity contribution in [1.82, 2.24) is 0 Å². The van der Waals surface area contributed by atoms with E-state index in [-0.39, 0.29) is 5.41 Å². The van der Waals surface area contributed by atoms with E-state index in [2.05, 4.69) is 65.0 Å². The molecule has 106 valence electrons. The molecular weight excluding hydrogens is 232 g/mol. The zero-order valence-electron chi connectivity index (χ0n) is 13.3. The van der Waals surface area contributed by atoms with Crippen molar-refractivity contribution >= 4 is 0 Å². The minimum absolute atomic E-state index is 0.180. The lowest BCUT2D eigenvalue weighted by Gasteiger charge is -2.23. The summed E-state index contributed by atoms with van der Waals surface area (Å²) >= 11 is 0. The zero-order valence-corrected chi connectivity index (χ0v) is 13.3. The van der Waals surface area contributed by atoms with E-state index in [1.54, 1.807) is 0 Å². The number of hydrogen-bond donors (Lipinski definition) is 0. The number of benzene rings is 1. The molecule has 0 amide bonds. The fraction of sp³-hybridized carbons (Fsp3) is 0.556. The summed E-state index contributed by atoms with van der Waals surface area (Å²) in [6.45, 7) is 13.9. The highest BCUT2D eigenvalue weighted by Crippen LogP contribution is 2.34. The summed E-state index contributed by atoms with van der Waals surface area (Å²) < 4.78 is 5.78. The molecule has 1 heteroatoms. The molecule has 0 radical (unpaired) electrons. The van der Waals surface area contributed by atoms with Crippen LogP contribution in [0.5, 0.6) is 5.75 Å². The smallest absolute Gasteiger partial charge is 0.122 e. The van der Waals surface area contributed by atoms with Crippen LogP contribution in [-0.2, 0) is 5.41 Å². The van der Waals surface area contributed by atoms with Crippen LogP contribution in [0.15, 0.2) is 30.4 Å². The van der Waals surface area contributed by atoms with Crippen LogP contribution in [0, 0.1) is 0 Å². The minimum atomic E-state index is 0.180. The molecule has 0 saturated carbocycles. The Morgan fingerprint density at radius 1 is 1.26 bits per heavy atom. The van der Waals surface area contributed by atoms with Crippen LogP contribution in [0.3, 0.4) is 0 Å². The van der Waals surface area contributed by atoms with Gasteiger partial charge in [0.15, 0.2) is 0 Å². The molecule has 1 aromatic rings. The Labute approximate surface area is 118 Å². The maximum atomic E-state index is 5.78. The van der Waals surface area contributed by atoms with Gasteiger partial charge in [-0.2, -0.15) is 0 Å². The van der Waals surface area contributed by atoms with Gasteiger partial charge in [-0.25, -0.2) is 0 Å². The predicted molar refractivity (Wildman–Crippen MR) is 84.2 cm³/mol. The third-order valence-corrected chi connectivity index (χ3v) is 3.43. The molecule has 0 aliphatic heterocycles. The highest BCUT2D eigenvalue weighted by Gasteiger charge is 2.18. The summed E-state index contributed by atoms with van der Waals surface area (Å²) in [7, 11) is 0. The van der Waals surface area contributed by atoms with Gasteiger partial charge in [-0.1, -0.05) is 52.0 Å². The van der Waals surface area contributed by atoms with Gasteiger partial charge in [0.1, 0.15) is 5.75 Å². The highest BCUT2D eigenvalue weighted by molar-refractivity contribution is 5.42. The predicted octanol–water partition coefficient (Wildman–Crippen LogP) is 5.45. The lowest BCUT2D eigenvalue weighted by atomic mass is 9.84. The highest BCUT2D eigenvalue weighted by atomic mass is 16.5. The van der Waals surface area contributed by atoms with Crippen molar-refractivity contribution in [3.05, 3.63) is 41.5 Å². The third-order valence-electron chi connectivity index (χ3n) is 3.43. The number of allylic oxidation sites excluding steroid dienone is 2. The number of rotatable bonds is 5. The van der Waals surface area contributed by atoms with Gasteiger partial charge in [0.2, 0.25) is 0 Å². The molecule has 0 heterocycles. The molecule has 1 atom stereocenters. The zero-order chi connectivity index (χ0) is 14.5. The lowest BCUT2D eigenvalue weighted by molar-refractivity contribution is 0.334. The Kier molecular flexibility index (Phi) is 5.65. The monoisotopic (exact) mass is 260 g/mol. The molecule has 0 aromatic heterocycles. The number of ether oxygens (including phenoxy) is 1. The van der Waals surface area contributed by atoms with E-state index >= 15 is 0 Å². The molecule has 0 N–H and O–H groups in total. The molecule has 1 unspecified atom stereocenters. The Balaban J connectivity index is 3.14. The van der Waals surface area contributed by atoms with Crippen molar-refractivity contribution in [1.29, 1.82) is 0 Å². The molecule has 1 nitrogen and oxygen atoms in total. The average Bonchev–Trinajstić information content (AvgIpc) is 2.35. The number of hydrogen-bond acceptors (Lipinski definition) is 1. The van der Waals surface area contributed by atoms with E-state index in [0.29, 0.717) is 5.92 Å². The summed E-state index contributed by atoms with van der Waals surface area (Å²) in [5, 5.41) is 0. The van der Waals surface area contributed by atoms with Crippen LogP contribution >= 0.6 is 0 Å². The van der Waals surface area contributed by atoms with Crippen molar-refractivity contribution in [2.75, 3.05) is 6.61 Å². The lowest BCUT2D eigenvalue weighted by Crippen LogP contribution is -2.12. The summed E-state index contributed by atoms with van der Waals surface area (Å²) in [5.74, 6) is 1.52. The van der Waals surface area contributed by atoms with Gasteiger partial charge in [0.05, 0.1) is 6.61 Å². The molecule has 0 fully saturated rings. The quantitative estimate of drug-likeness (QED) is 0.639. The van der Waals surface area contributed by atoms with Gasteiger partial charge >= 0.3 is 0 Å². The molecular formula is C18H28O. The molecule has 0 bridgehead atoms. The summed E-state index contributed by atoms with van der Waals surface area (Å²) in [4.78, 5) is 0.